The molecule has 1 aliphatic rings. The molecule has 0 radical (unpaired) electrons. The number of rotatable bonds is 7. The van der Waals surface area contributed by atoms with E-state index in [4.69, 9.17) is 21.1 Å². The summed E-state index contributed by atoms with van der Waals surface area (Å²) in [6.07, 6.45) is 0.732. The lowest BCUT2D eigenvalue weighted by Crippen LogP contribution is -2.35. The molecule has 1 aliphatic heterocycles. The van der Waals surface area contributed by atoms with Crippen LogP contribution < -0.4 is 0 Å². The molecule has 5 rings (SSSR count). The van der Waals surface area contributed by atoms with Gasteiger partial charge in [0.05, 0.1) is 45.9 Å². The highest BCUT2D eigenvalue weighted by Gasteiger charge is 2.25. The van der Waals surface area contributed by atoms with Crippen LogP contribution in [-0.2, 0) is 19.3 Å². The van der Waals surface area contributed by atoms with Crippen LogP contribution in [0.4, 0.5) is 0 Å². The van der Waals surface area contributed by atoms with Crippen LogP contribution >= 0.6 is 22.9 Å². The van der Waals surface area contributed by atoms with Gasteiger partial charge >= 0.3 is 0 Å². The first-order valence-electron chi connectivity index (χ1n) is 11.4. The third-order valence-corrected chi connectivity index (χ3v) is 8.46. The molecule has 4 aromatic rings. The third kappa shape index (κ3) is 5.48. The Morgan fingerprint density at radius 3 is 2.54 bits per heavy atom. The molecule has 11 heteroatoms. The van der Waals surface area contributed by atoms with Crippen LogP contribution in [0.2, 0.25) is 5.02 Å². The van der Waals surface area contributed by atoms with E-state index in [1.807, 2.05) is 36.4 Å². The minimum absolute atomic E-state index is 0.254. The second-order valence-electron chi connectivity index (χ2n) is 8.60. The molecule has 1 saturated heterocycles. The SMILES string of the molecule is CN(CC1OCCO1)C(=O)c1cc(-c2ccc(-c3cccc(S(C)(=O)=O)c3)s2)n(-c2ccccc2Cl)n1. The van der Waals surface area contributed by atoms with E-state index in [1.165, 1.54) is 22.5 Å². The predicted octanol–water partition coefficient (Wildman–Crippen LogP) is 4.77. The molecule has 192 valence electrons. The van der Waals surface area contributed by atoms with Gasteiger partial charge in [0.25, 0.3) is 5.91 Å². The van der Waals surface area contributed by atoms with Gasteiger partial charge in [-0.25, -0.2) is 13.1 Å². The third-order valence-electron chi connectivity index (χ3n) is 5.87. The second kappa shape index (κ2) is 10.4. The average molecular weight is 558 g/mol. The van der Waals surface area contributed by atoms with Crippen LogP contribution in [0.3, 0.4) is 0 Å². The van der Waals surface area contributed by atoms with E-state index in [1.54, 1.807) is 42.1 Å². The van der Waals surface area contributed by atoms with Crippen LogP contribution in [-0.4, -0.2) is 68.4 Å². The number of benzene rings is 2. The molecule has 2 aromatic carbocycles. The van der Waals surface area contributed by atoms with Crippen molar-refractivity contribution in [3.05, 3.63) is 77.4 Å². The van der Waals surface area contributed by atoms with E-state index < -0.39 is 16.1 Å². The molecule has 0 bridgehead atoms. The number of likely N-dealkylation sites (N-methyl/N-ethyl adjacent to an activating group) is 1. The summed E-state index contributed by atoms with van der Waals surface area (Å²) in [7, 11) is -1.65. The Morgan fingerprint density at radius 1 is 1.08 bits per heavy atom. The van der Waals surface area contributed by atoms with Crippen molar-refractivity contribution >= 4 is 38.7 Å². The lowest BCUT2D eigenvalue weighted by molar-refractivity contribution is -0.0543. The summed E-state index contributed by atoms with van der Waals surface area (Å²) in [4.78, 5) is 16.8. The Morgan fingerprint density at radius 2 is 1.81 bits per heavy atom. The number of nitrogens with zero attached hydrogens (tertiary/aromatic N) is 3. The molecule has 0 saturated carbocycles. The van der Waals surface area contributed by atoms with Gasteiger partial charge in [-0.05, 0) is 48.0 Å². The first-order chi connectivity index (χ1) is 17.7. The largest absolute Gasteiger partial charge is 0.348 e. The van der Waals surface area contributed by atoms with Crippen LogP contribution in [0, 0.1) is 0 Å². The Hall–Kier alpha value is -3.02. The molecule has 0 atom stereocenters. The summed E-state index contributed by atoms with van der Waals surface area (Å²) in [5, 5.41) is 5.12. The number of para-hydroxylation sites is 1. The second-order valence-corrected chi connectivity index (χ2v) is 12.1. The topological polar surface area (TPSA) is 90.7 Å². The van der Waals surface area contributed by atoms with Crippen molar-refractivity contribution in [3.8, 4) is 26.7 Å². The number of carbonyl (C=O) groups is 1. The maximum Gasteiger partial charge on any atom is 0.274 e. The van der Waals surface area contributed by atoms with Gasteiger partial charge in [-0.2, -0.15) is 5.10 Å². The van der Waals surface area contributed by atoms with Gasteiger partial charge in [0, 0.05) is 18.2 Å². The van der Waals surface area contributed by atoms with E-state index in [-0.39, 0.29) is 23.0 Å². The van der Waals surface area contributed by atoms with Crippen molar-refractivity contribution in [1.29, 1.82) is 0 Å². The number of ether oxygens (including phenoxy) is 2. The van der Waals surface area contributed by atoms with Crippen molar-refractivity contribution in [3.63, 3.8) is 0 Å². The van der Waals surface area contributed by atoms with Crippen LogP contribution in [0.25, 0.3) is 26.7 Å². The van der Waals surface area contributed by atoms with Gasteiger partial charge in [0.15, 0.2) is 21.8 Å². The van der Waals surface area contributed by atoms with Gasteiger partial charge in [0.1, 0.15) is 0 Å². The first-order valence-corrected chi connectivity index (χ1v) is 14.5. The van der Waals surface area contributed by atoms with Gasteiger partial charge in [-0.1, -0.05) is 35.9 Å². The number of hydrogen-bond donors (Lipinski definition) is 0. The Kier molecular flexibility index (Phi) is 7.19. The molecular weight excluding hydrogens is 534 g/mol. The normalized spacial score (nSPS) is 14.2. The Bertz CT molecular complexity index is 1560. The number of aromatic nitrogens is 2. The van der Waals surface area contributed by atoms with E-state index in [9.17, 15) is 13.2 Å². The van der Waals surface area contributed by atoms with Crippen LogP contribution in [0.5, 0.6) is 0 Å². The number of carbonyl (C=O) groups excluding carboxylic acids is 1. The fraction of sp³-hybridized carbons (Fsp3) is 0.231. The molecule has 3 heterocycles. The maximum atomic E-state index is 13.3. The van der Waals surface area contributed by atoms with Gasteiger partial charge in [-0.3, -0.25) is 4.79 Å². The van der Waals surface area contributed by atoms with Crippen molar-refractivity contribution < 1.29 is 22.7 Å². The Labute approximate surface area is 223 Å². The van der Waals surface area contributed by atoms with E-state index in [0.717, 1.165) is 15.3 Å². The van der Waals surface area contributed by atoms with Gasteiger partial charge in [-0.15, -0.1) is 11.3 Å². The summed E-state index contributed by atoms with van der Waals surface area (Å²) in [6, 6.07) is 19.7. The Balaban J connectivity index is 1.53. The molecule has 0 aliphatic carbocycles. The standard InChI is InChI=1S/C26H24ClN3O5S2/c1-29(16-25-34-12-13-35-25)26(31)20-15-22(30(28-20)21-9-4-3-8-19(21)27)24-11-10-23(36-24)17-6-5-7-18(14-17)37(2,32)33/h3-11,14-15,25H,12-13,16H2,1-2H3. The van der Waals surface area contributed by atoms with Gasteiger partial charge < -0.3 is 14.4 Å². The number of thiophene rings is 1. The molecule has 1 fully saturated rings. The number of amides is 1. The average Bonchev–Trinajstić information content (AvgIpc) is 3.64. The van der Waals surface area contributed by atoms with Crippen LogP contribution in [0.1, 0.15) is 10.5 Å². The van der Waals surface area contributed by atoms with Crippen molar-refractivity contribution in [1.82, 2.24) is 14.7 Å². The van der Waals surface area contributed by atoms with Crippen LogP contribution in [0.15, 0.2) is 71.6 Å². The van der Waals surface area contributed by atoms with E-state index in [2.05, 4.69) is 5.10 Å². The quantitative estimate of drug-likeness (QED) is 0.325. The summed E-state index contributed by atoms with van der Waals surface area (Å²) in [6.45, 7) is 1.30. The summed E-state index contributed by atoms with van der Waals surface area (Å²) in [5.41, 5.74) is 2.37. The van der Waals surface area contributed by atoms with Crippen molar-refractivity contribution in [2.75, 3.05) is 33.1 Å². The molecule has 1 amide bonds. The summed E-state index contributed by atoms with van der Waals surface area (Å²) < 4.78 is 36.7. The first kappa shape index (κ1) is 25.6. The molecule has 0 spiro atoms. The van der Waals surface area contributed by atoms with Crippen molar-refractivity contribution in [2.45, 2.75) is 11.2 Å². The molecule has 37 heavy (non-hydrogen) atoms. The predicted molar refractivity (Wildman–Crippen MR) is 143 cm³/mol. The maximum absolute atomic E-state index is 13.3. The number of sulfone groups is 1. The van der Waals surface area contributed by atoms with Gasteiger partial charge in [0.2, 0.25) is 0 Å². The summed E-state index contributed by atoms with van der Waals surface area (Å²) >= 11 is 7.97. The van der Waals surface area contributed by atoms with E-state index in [0.29, 0.717) is 29.6 Å². The smallest absolute Gasteiger partial charge is 0.274 e. The number of hydrogen-bond acceptors (Lipinski definition) is 7. The lowest BCUT2D eigenvalue weighted by Gasteiger charge is -2.19. The summed E-state index contributed by atoms with van der Waals surface area (Å²) in [5.74, 6) is -0.274. The zero-order valence-corrected chi connectivity index (χ0v) is 22.5. The fourth-order valence-electron chi connectivity index (χ4n) is 3.99. The fourth-order valence-corrected chi connectivity index (χ4v) is 5.88. The monoisotopic (exact) mass is 557 g/mol. The molecule has 0 unspecified atom stereocenters. The zero-order valence-electron chi connectivity index (χ0n) is 20.1. The molecule has 0 N–H and O–H groups in total. The highest BCUT2D eigenvalue weighted by molar-refractivity contribution is 7.90. The highest BCUT2D eigenvalue weighted by atomic mass is 35.5. The lowest BCUT2D eigenvalue weighted by atomic mass is 10.2. The minimum atomic E-state index is -3.33. The molecular formula is C26H24ClN3O5S2. The van der Waals surface area contributed by atoms with E-state index >= 15 is 0 Å². The minimum Gasteiger partial charge on any atom is -0.348 e. The van der Waals surface area contributed by atoms with Crippen molar-refractivity contribution in [2.24, 2.45) is 0 Å². The molecule has 8 nitrogen and oxygen atoms in total. The number of halogens is 1. The zero-order chi connectivity index (χ0) is 26.2. The molecule has 2 aromatic heterocycles. The highest BCUT2D eigenvalue weighted by Crippen LogP contribution is 2.37.